The van der Waals surface area contributed by atoms with Crippen molar-refractivity contribution in [2.24, 2.45) is 0 Å². The molecule has 2 rings (SSSR count). The molecule has 12 heteroatoms. The summed E-state index contributed by atoms with van der Waals surface area (Å²) in [5.41, 5.74) is 1.07. The average molecular weight is 704 g/mol. The molecule has 0 spiro atoms. The average Bonchev–Trinajstić information content (AvgIpc) is 2.65. The minimum absolute atomic E-state index is 0. The van der Waals surface area contributed by atoms with Crippen LogP contribution in [0.2, 0.25) is 98.2 Å². The third kappa shape index (κ3) is 14.0. The minimum Gasteiger partial charge on any atom is -1.00 e. The predicted molar refractivity (Wildman–Crippen MR) is 176 cm³/mol. The number of ether oxygens (including phenoxy) is 1. The molecule has 0 radical (unpaired) electrons. The van der Waals surface area contributed by atoms with Crippen molar-refractivity contribution < 1.29 is 39.4 Å². The topological polar surface area (TPSA) is 46.2 Å². The Labute approximate surface area is 272 Å². The number of rotatable bonds is 11. The van der Waals surface area contributed by atoms with Gasteiger partial charge in [-0.25, -0.2) is 0 Å². The molecule has 0 aromatic heterocycles. The molecule has 4 atom stereocenters. The fourth-order valence-corrected chi connectivity index (χ4v) is 9.26. The molecular weight excluding hydrogens is 649 g/mol. The van der Waals surface area contributed by atoms with Gasteiger partial charge in [0.2, 0.25) is 0 Å². The van der Waals surface area contributed by atoms with Crippen LogP contribution in [0.4, 0.5) is 0 Å². The molecule has 1 aromatic rings. The molecule has 1 saturated heterocycles. The van der Waals surface area contributed by atoms with Crippen LogP contribution in [0.1, 0.15) is 5.56 Å². The van der Waals surface area contributed by atoms with Gasteiger partial charge in [0, 0.05) is 0 Å². The molecule has 0 aliphatic carbocycles. The summed E-state index contributed by atoms with van der Waals surface area (Å²) in [5.74, 6) is 0. The van der Waals surface area contributed by atoms with Crippen molar-refractivity contribution in [3.63, 3.8) is 0 Å². The van der Waals surface area contributed by atoms with E-state index >= 15 is 0 Å². The molecule has 0 N–H and O–H groups in total. The van der Waals surface area contributed by atoms with Gasteiger partial charge in [-0.1, -0.05) is 24.8 Å². The third-order valence-corrected chi connectivity index (χ3v) is 11.7. The molecule has 0 saturated carbocycles. The van der Waals surface area contributed by atoms with Crippen molar-refractivity contribution >= 4 is 69.6 Å². The quantitative estimate of drug-likeness (QED) is 0.260. The van der Waals surface area contributed by atoms with Crippen LogP contribution >= 0.6 is 0 Å². The van der Waals surface area contributed by atoms with Crippen LogP contribution in [0.5, 0.6) is 0 Å². The number of halogens is 1. The summed E-state index contributed by atoms with van der Waals surface area (Å²) >= 11 is 0. The van der Waals surface area contributed by atoms with Crippen LogP contribution in [0.15, 0.2) is 24.3 Å². The maximum absolute atomic E-state index is 6.98. The zero-order valence-electron chi connectivity index (χ0n) is 27.5. The molecule has 222 valence electrons. The van der Waals surface area contributed by atoms with E-state index in [1.807, 2.05) is 0 Å². The Bertz CT molecular complexity index is 874. The Kier molecular flexibility index (Phi) is 15.3. The van der Waals surface area contributed by atoms with Crippen LogP contribution in [0, 0.1) is 6.10 Å². The van der Waals surface area contributed by atoms with Gasteiger partial charge in [0.1, 0.15) is 0 Å². The standard InChI is InChI=1S/C27H55O5Si5.BrH.Mg/c1-33(2,3)22-18-16-21(17-19-22)24-26(31-36(10,11)12)27(32-37(13,14)15)25(30-35(7,8)9)23(29-24)20-28-34(4,5)6;;/h16-19,23,25-27H,20H2,1-15H3;1H;/q-1;;+2/p-1/t23-,25+,26+,27+;;/m1../s1. The maximum atomic E-state index is 6.98. The molecule has 1 aliphatic rings. The van der Waals surface area contributed by atoms with Crippen LogP contribution < -0.4 is 22.2 Å². The van der Waals surface area contributed by atoms with Crippen molar-refractivity contribution in [3.8, 4) is 0 Å². The van der Waals surface area contributed by atoms with Gasteiger partial charge in [0.15, 0.2) is 33.3 Å². The fraction of sp³-hybridized carbons (Fsp3) is 0.741. The van der Waals surface area contributed by atoms with Crippen molar-refractivity contribution in [1.82, 2.24) is 0 Å². The molecule has 0 amide bonds. The summed E-state index contributed by atoms with van der Waals surface area (Å²) in [7, 11) is -9.04. The first-order valence-electron chi connectivity index (χ1n) is 13.8. The second-order valence-corrected chi connectivity index (χ2v) is 38.3. The zero-order chi connectivity index (χ0) is 28.6. The van der Waals surface area contributed by atoms with Gasteiger partial charge in [-0.3, -0.25) is 0 Å². The Morgan fingerprint density at radius 1 is 0.641 bits per heavy atom. The first-order chi connectivity index (χ1) is 16.5. The summed E-state index contributed by atoms with van der Waals surface area (Å²) in [4.78, 5) is 0. The van der Waals surface area contributed by atoms with E-state index in [9.17, 15) is 0 Å². The van der Waals surface area contributed by atoms with E-state index < -0.39 is 41.3 Å². The normalized spacial score (nSPS) is 23.2. The van der Waals surface area contributed by atoms with Crippen LogP contribution in [-0.2, 0) is 22.4 Å². The molecule has 1 fully saturated rings. The van der Waals surface area contributed by atoms with E-state index in [-0.39, 0.29) is 64.5 Å². The molecule has 1 aromatic carbocycles. The molecule has 0 bridgehead atoms. The molecular formula is C27H55BrMgO5Si5. The molecule has 0 unspecified atom stereocenters. The maximum Gasteiger partial charge on any atom is 2.00 e. The zero-order valence-corrected chi connectivity index (χ0v) is 35.5. The van der Waals surface area contributed by atoms with Gasteiger partial charge in [-0.15, -0.1) is 12.1 Å². The van der Waals surface area contributed by atoms with E-state index in [2.05, 4.69) is 122 Å². The van der Waals surface area contributed by atoms with Gasteiger partial charge in [-0.05, 0) is 84.7 Å². The van der Waals surface area contributed by atoms with Crippen molar-refractivity contribution in [2.75, 3.05) is 6.61 Å². The van der Waals surface area contributed by atoms with Crippen molar-refractivity contribution in [3.05, 3.63) is 35.9 Å². The van der Waals surface area contributed by atoms with Gasteiger partial charge in [0.05, 0.1) is 39.1 Å². The Morgan fingerprint density at radius 3 is 1.46 bits per heavy atom. The van der Waals surface area contributed by atoms with Gasteiger partial charge < -0.3 is 39.4 Å². The van der Waals surface area contributed by atoms with Crippen molar-refractivity contribution in [2.45, 2.75) is 123 Å². The van der Waals surface area contributed by atoms with Gasteiger partial charge in [-0.2, -0.15) is 17.7 Å². The fourth-order valence-electron chi connectivity index (χ4n) is 4.25. The van der Waals surface area contributed by atoms with E-state index in [1.165, 1.54) is 5.19 Å². The monoisotopic (exact) mass is 702 g/mol. The number of benzene rings is 1. The number of hydrogen-bond acceptors (Lipinski definition) is 5. The Balaban J connectivity index is 0.00000722. The summed E-state index contributed by atoms with van der Waals surface area (Å²) in [6.07, 6.45) is -0.206. The van der Waals surface area contributed by atoms with Crippen LogP contribution in [0.3, 0.4) is 0 Å². The van der Waals surface area contributed by atoms with E-state index in [1.54, 1.807) is 0 Å². The molecule has 1 aliphatic heterocycles. The summed E-state index contributed by atoms with van der Waals surface area (Å²) in [5, 5.41) is 1.43. The first kappa shape index (κ1) is 40.2. The minimum atomic E-state index is -1.96. The van der Waals surface area contributed by atoms with Crippen LogP contribution in [0.25, 0.3) is 0 Å². The predicted octanol–water partition coefficient (Wildman–Crippen LogP) is 3.65. The van der Waals surface area contributed by atoms with E-state index in [0.717, 1.165) is 11.7 Å². The first-order valence-corrected chi connectivity index (χ1v) is 30.9. The second kappa shape index (κ2) is 14.8. The van der Waals surface area contributed by atoms with Crippen molar-refractivity contribution in [1.29, 1.82) is 0 Å². The largest absolute Gasteiger partial charge is 2.00 e. The van der Waals surface area contributed by atoms with Crippen LogP contribution in [-0.4, -0.2) is 95.4 Å². The smallest absolute Gasteiger partial charge is 1.00 e. The number of hydrogen-bond donors (Lipinski definition) is 0. The molecule has 1 heterocycles. The molecule has 39 heavy (non-hydrogen) atoms. The summed E-state index contributed by atoms with van der Waals surface area (Å²) < 4.78 is 34.1. The van der Waals surface area contributed by atoms with E-state index in [0.29, 0.717) is 6.61 Å². The van der Waals surface area contributed by atoms with E-state index in [4.69, 9.17) is 22.4 Å². The second-order valence-electron chi connectivity index (χ2n) is 15.3. The van der Waals surface area contributed by atoms with Gasteiger partial charge >= 0.3 is 23.1 Å². The summed E-state index contributed by atoms with van der Waals surface area (Å²) in [6.45, 7) is 34.4. The Morgan fingerprint density at radius 2 is 1.08 bits per heavy atom. The molecule has 5 nitrogen and oxygen atoms in total. The summed E-state index contributed by atoms with van der Waals surface area (Å²) in [6, 6.07) is 8.97. The SMILES string of the molecule is C[Si](C)(C)OC[C@H]1O[C-](c2ccc([Si](C)(C)C)cc2)[C@H](O[Si](C)(C)C)[C@@H](O[Si](C)(C)C)[C@H]1O[Si](C)(C)C.[Br-].[Mg+2]. The van der Waals surface area contributed by atoms with Gasteiger partial charge in [0.25, 0.3) is 0 Å². The third-order valence-electron chi connectivity index (χ3n) is 5.70. The Hall–Kier alpha value is 1.22.